The first-order valence-corrected chi connectivity index (χ1v) is 12.2. The number of thiophene rings is 1. The monoisotopic (exact) mass is 462 g/mol. The zero-order valence-electron chi connectivity index (χ0n) is 19.7. The summed E-state index contributed by atoms with van der Waals surface area (Å²) in [5.74, 6) is 1.28. The average molecular weight is 463 g/mol. The summed E-state index contributed by atoms with van der Waals surface area (Å²) in [5, 5.41) is 7.60. The highest BCUT2D eigenvalue weighted by molar-refractivity contribution is 7.08. The van der Waals surface area contributed by atoms with Crippen molar-refractivity contribution in [1.29, 1.82) is 0 Å². The second-order valence-corrected chi connectivity index (χ2v) is 9.43. The number of hydrogen-bond donors (Lipinski definition) is 1. The van der Waals surface area contributed by atoms with Gasteiger partial charge < -0.3 is 5.32 Å². The van der Waals surface area contributed by atoms with Crippen LogP contribution in [0.5, 0.6) is 0 Å². The van der Waals surface area contributed by atoms with Crippen LogP contribution in [0.2, 0.25) is 0 Å². The van der Waals surface area contributed by atoms with E-state index in [0.29, 0.717) is 29.3 Å². The number of ketones is 1. The Hall–Kier alpha value is -3.10. The molecule has 3 aromatic heterocycles. The third-order valence-electron chi connectivity index (χ3n) is 5.70. The van der Waals surface area contributed by atoms with E-state index in [9.17, 15) is 4.79 Å². The number of nitrogens with one attached hydrogen (secondary N) is 1. The molecule has 0 aliphatic rings. The third kappa shape index (κ3) is 4.96. The van der Waals surface area contributed by atoms with Crippen LogP contribution < -0.4 is 5.32 Å². The van der Waals surface area contributed by atoms with Crippen LogP contribution in [0.25, 0.3) is 28.2 Å². The molecule has 0 atom stereocenters. The Balaban J connectivity index is 1.75. The van der Waals surface area contributed by atoms with Crippen LogP contribution in [0.3, 0.4) is 0 Å². The van der Waals surface area contributed by atoms with Gasteiger partial charge in [-0.3, -0.25) is 14.3 Å². The molecule has 0 aliphatic heterocycles. The highest BCUT2D eigenvalue weighted by Gasteiger charge is 2.17. The Kier molecular flexibility index (Phi) is 6.85. The van der Waals surface area contributed by atoms with Crippen LogP contribution in [0.4, 0.5) is 5.82 Å². The van der Waals surface area contributed by atoms with Crippen LogP contribution in [0.15, 0.2) is 47.4 Å². The van der Waals surface area contributed by atoms with Gasteiger partial charge in [-0.1, -0.05) is 18.2 Å². The molecule has 0 bridgehead atoms. The summed E-state index contributed by atoms with van der Waals surface area (Å²) in [6, 6.07) is 10.4. The molecule has 0 radical (unpaired) electrons. The summed E-state index contributed by atoms with van der Waals surface area (Å²) >= 11 is 1.63. The van der Waals surface area contributed by atoms with Crippen molar-refractivity contribution in [3.63, 3.8) is 0 Å². The summed E-state index contributed by atoms with van der Waals surface area (Å²) < 4.78 is 1.98. The number of carbonyl (C=O) groups excluding carboxylic acids is 1. The lowest BCUT2D eigenvalue weighted by Crippen LogP contribution is -2.40. The fourth-order valence-electron chi connectivity index (χ4n) is 4.03. The summed E-state index contributed by atoms with van der Waals surface area (Å²) in [4.78, 5) is 28.7. The number of hydrogen-bond acceptors (Lipinski definition) is 7. The Morgan fingerprint density at radius 3 is 2.61 bits per heavy atom. The molecule has 4 rings (SSSR count). The Morgan fingerprint density at radius 1 is 1.15 bits per heavy atom. The van der Waals surface area contributed by atoms with Crippen LogP contribution in [0, 0.1) is 0 Å². The molecule has 1 N–H and O–H groups in total. The highest BCUT2D eigenvalue weighted by atomic mass is 32.1. The van der Waals surface area contributed by atoms with Crippen molar-refractivity contribution >= 4 is 34.1 Å². The van der Waals surface area contributed by atoms with Gasteiger partial charge >= 0.3 is 0 Å². The van der Waals surface area contributed by atoms with Gasteiger partial charge in [-0.05, 0) is 52.1 Å². The quantitative estimate of drug-likeness (QED) is 0.341. The van der Waals surface area contributed by atoms with Gasteiger partial charge in [-0.2, -0.15) is 11.3 Å². The zero-order valence-corrected chi connectivity index (χ0v) is 20.6. The van der Waals surface area contributed by atoms with E-state index in [0.717, 1.165) is 35.5 Å². The number of anilines is 1. The second kappa shape index (κ2) is 9.80. The molecule has 8 heteroatoms. The topological polar surface area (TPSA) is 75.9 Å². The molecule has 4 aromatic rings. The second-order valence-electron chi connectivity index (χ2n) is 8.65. The summed E-state index contributed by atoms with van der Waals surface area (Å²) in [7, 11) is 0. The lowest BCUT2D eigenvalue weighted by molar-refractivity contribution is 0.101. The van der Waals surface area contributed by atoms with E-state index in [1.54, 1.807) is 24.6 Å². The van der Waals surface area contributed by atoms with Crippen molar-refractivity contribution in [1.82, 2.24) is 24.4 Å². The van der Waals surface area contributed by atoms with Gasteiger partial charge in [-0.25, -0.2) is 15.0 Å². The molecule has 172 valence electrons. The zero-order chi connectivity index (χ0) is 23.5. The fraction of sp³-hybridized carbons (Fsp3) is 0.360. The number of rotatable bonds is 9. The van der Waals surface area contributed by atoms with E-state index in [1.165, 1.54) is 0 Å². The number of aromatic nitrogens is 4. The van der Waals surface area contributed by atoms with E-state index >= 15 is 0 Å². The first-order chi connectivity index (χ1) is 15.8. The van der Waals surface area contributed by atoms with Crippen LogP contribution in [-0.4, -0.2) is 55.4 Å². The minimum atomic E-state index is 0.0158. The summed E-state index contributed by atoms with van der Waals surface area (Å²) in [6.07, 6.45) is 1.79. The smallest absolute Gasteiger partial charge is 0.170 e. The number of Topliss-reactive ketones (excluding diaryl/α,β-unsaturated/α-hetero) is 1. The standard InChI is InChI=1S/C25H30N6OS/c1-16(2)30(17(3)4)11-10-26-24-22-25(31(15-27-22)21-9-12-33-14-21)29-23(28-24)20-8-6-7-19(13-20)18(5)32/h6-9,12-17H,10-11H2,1-5H3,(H,26,28,29). The molecule has 0 saturated heterocycles. The number of carbonyl (C=O) groups is 1. The van der Waals surface area contributed by atoms with E-state index in [2.05, 4.69) is 48.3 Å². The molecule has 3 heterocycles. The highest BCUT2D eigenvalue weighted by Crippen LogP contribution is 2.27. The van der Waals surface area contributed by atoms with Crippen molar-refractivity contribution in [3.8, 4) is 17.1 Å². The van der Waals surface area contributed by atoms with Crippen molar-refractivity contribution in [2.45, 2.75) is 46.7 Å². The molecule has 0 unspecified atom stereocenters. The van der Waals surface area contributed by atoms with Gasteiger partial charge in [0.2, 0.25) is 0 Å². The number of fused-ring (bicyclic) bond motifs is 1. The molecule has 1 aromatic carbocycles. The molecular weight excluding hydrogens is 432 g/mol. The molecule has 7 nitrogen and oxygen atoms in total. The minimum Gasteiger partial charge on any atom is -0.367 e. The average Bonchev–Trinajstić information content (AvgIpc) is 3.45. The molecular formula is C25H30N6OS. The molecule has 0 amide bonds. The molecule has 0 spiro atoms. The van der Waals surface area contributed by atoms with E-state index in [4.69, 9.17) is 9.97 Å². The maximum Gasteiger partial charge on any atom is 0.170 e. The SMILES string of the molecule is CC(=O)c1cccc(-c2nc(NCCN(C(C)C)C(C)C)c3ncn(-c4ccsc4)c3n2)c1. The molecule has 0 fully saturated rings. The largest absolute Gasteiger partial charge is 0.367 e. The van der Waals surface area contributed by atoms with Crippen molar-refractivity contribution in [3.05, 3.63) is 53.0 Å². The van der Waals surface area contributed by atoms with Gasteiger partial charge in [0.15, 0.2) is 28.6 Å². The maximum atomic E-state index is 11.9. The van der Waals surface area contributed by atoms with Gasteiger partial charge in [0.1, 0.15) is 6.33 Å². The van der Waals surface area contributed by atoms with E-state index in [1.807, 2.05) is 40.3 Å². The van der Waals surface area contributed by atoms with Gasteiger partial charge in [-0.15, -0.1) is 0 Å². The Labute approximate surface area is 198 Å². The number of imidazole rings is 1. The normalized spacial score (nSPS) is 11.8. The van der Waals surface area contributed by atoms with E-state index in [-0.39, 0.29) is 5.78 Å². The first-order valence-electron chi connectivity index (χ1n) is 11.2. The first kappa shape index (κ1) is 23.1. The predicted molar refractivity (Wildman–Crippen MR) is 135 cm³/mol. The van der Waals surface area contributed by atoms with Crippen molar-refractivity contribution in [2.75, 3.05) is 18.4 Å². The summed E-state index contributed by atoms with van der Waals surface area (Å²) in [6.45, 7) is 12.0. The number of nitrogens with zero attached hydrogens (tertiary/aromatic N) is 5. The Bertz CT molecular complexity index is 1240. The van der Waals surface area contributed by atoms with Gasteiger partial charge in [0.25, 0.3) is 0 Å². The lowest BCUT2D eigenvalue weighted by atomic mass is 10.1. The van der Waals surface area contributed by atoms with Crippen LogP contribution >= 0.6 is 11.3 Å². The predicted octanol–water partition coefficient (Wildman–Crippen LogP) is 5.28. The molecule has 33 heavy (non-hydrogen) atoms. The third-order valence-corrected chi connectivity index (χ3v) is 6.37. The summed E-state index contributed by atoms with van der Waals surface area (Å²) in [5.41, 5.74) is 3.92. The fourth-order valence-corrected chi connectivity index (χ4v) is 4.66. The van der Waals surface area contributed by atoms with Crippen molar-refractivity contribution < 1.29 is 4.79 Å². The maximum absolute atomic E-state index is 11.9. The van der Waals surface area contributed by atoms with Crippen molar-refractivity contribution in [2.24, 2.45) is 0 Å². The van der Waals surface area contributed by atoms with Gasteiger partial charge in [0, 0.05) is 41.7 Å². The Morgan fingerprint density at radius 2 is 1.94 bits per heavy atom. The molecule has 0 saturated carbocycles. The molecule has 0 aliphatic carbocycles. The lowest BCUT2D eigenvalue weighted by Gasteiger charge is -2.30. The number of benzene rings is 1. The van der Waals surface area contributed by atoms with Crippen LogP contribution in [-0.2, 0) is 0 Å². The van der Waals surface area contributed by atoms with E-state index < -0.39 is 0 Å². The van der Waals surface area contributed by atoms with Gasteiger partial charge in [0.05, 0.1) is 5.69 Å². The minimum absolute atomic E-state index is 0.0158. The van der Waals surface area contributed by atoms with Crippen LogP contribution in [0.1, 0.15) is 45.0 Å².